The van der Waals surface area contributed by atoms with Gasteiger partial charge in [0.2, 0.25) is 5.92 Å². The van der Waals surface area contributed by atoms with Crippen molar-refractivity contribution in [2.45, 2.75) is 76.7 Å². The van der Waals surface area contributed by atoms with Gasteiger partial charge in [-0.25, -0.2) is 17.7 Å². The molecular weight excluding hydrogens is 508 g/mol. The van der Waals surface area contributed by atoms with Crippen molar-refractivity contribution in [3.8, 4) is 17.1 Å². The van der Waals surface area contributed by atoms with Gasteiger partial charge in [-0.1, -0.05) is 18.6 Å². The van der Waals surface area contributed by atoms with Gasteiger partial charge in [0, 0.05) is 43.6 Å². The lowest BCUT2D eigenvalue weighted by Crippen LogP contribution is -2.43. The maximum Gasteiger partial charge on any atom is 0.248 e. The summed E-state index contributed by atoms with van der Waals surface area (Å²) in [5, 5.41) is 13.5. The Labute approximate surface area is 224 Å². The molecule has 1 unspecified atom stereocenters. The first-order valence-corrected chi connectivity index (χ1v) is 15.1. The molecule has 3 aromatic rings. The van der Waals surface area contributed by atoms with Gasteiger partial charge in [0.05, 0.1) is 23.6 Å². The van der Waals surface area contributed by atoms with E-state index in [2.05, 4.69) is 31.1 Å². The molecule has 38 heavy (non-hydrogen) atoms. The van der Waals surface area contributed by atoms with Crippen LogP contribution in [-0.2, 0) is 11.0 Å². The molecule has 1 aliphatic heterocycles. The summed E-state index contributed by atoms with van der Waals surface area (Å²) in [5.74, 6) is -2.03. The molecule has 11 heteroatoms. The van der Waals surface area contributed by atoms with Crippen molar-refractivity contribution < 1.29 is 13.0 Å². The van der Waals surface area contributed by atoms with E-state index in [9.17, 15) is 13.0 Å². The van der Waals surface area contributed by atoms with E-state index in [1.807, 2.05) is 37.5 Å². The highest BCUT2D eigenvalue weighted by Crippen LogP contribution is 2.49. The molecule has 3 heterocycles. The number of piperidine rings is 1. The molecule has 3 fully saturated rings. The van der Waals surface area contributed by atoms with Gasteiger partial charge in [-0.05, 0) is 68.2 Å². The first-order valence-electron chi connectivity index (χ1n) is 13.7. The highest BCUT2D eigenvalue weighted by molar-refractivity contribution is 7.86. The molecule has 1 atom stereocenters. The quantitative estimate of drug-likeness (QED) is 0.411. The van der Waals surface area contributed by atoms with Crippen LogP contribution in [0.3, 0.4) is 0 Å². The number of nitrogens with zero attached hydrogens (tertiary/aromatic N) is 6. The summed E-state index contributed by atoms with van der Waals surface area (Å²) >= 11 is 0. The van der Waals surface area contributed by atoms with Crippen molar-refractivity contribution in [2.75, 3.05) is 28.5 Å². The number of halogens is 2. The fraction of sp³-hybridized carbons (Fsp3) is 0.593. The molecule has 1 aromatic carbocycles. The van der Waals surface area contributed by atoms with Crippen molar-refractivity contribution in [1.29, 1.82) is 0 Å². The minimum absolute atomic E-state index is 0.0169. The first kappa shape index (κ1) is 25.5. The third kappa shape index (κ3) is 5.09. The third-order valence-electron chi connectivity index (χ3n) is 8.72. The summed E-state index contributed by atoms with van der Waals surface area (Å²) in [7, 11) is -1.13. The van der Waals surface area contributed by atoms with Crippen LogP contribution in [0.2, 0.25) is 0 Å². The molecule has 8 nitrogen and oxygen atoms in total. The van der Waals surface area contributed by atoms with Crippen LogP contribution in [0.25, 0.3) is 17.1 Å². The Morgan fingerprint density at radius 1 is 1.03 bits per heavy atom. The average molecular weight is 544 g/mol. The van der Waals surface area contributed by atoms with E-state index in [-0.39, 0.29) is 18.9 Å². The van der Waals surface area contributed by atoms with Crippen LogP contribution >= 0.6 is 0 Å². The molecule has 2 aliphatic carbocycles. The van der Waals surface area contributed by atoms with Crippen LogP contribution in [0, 0.1) is 5.41 Å². The van der Waals surface area contributed by atoms with Gasteiger partial charge in [0.1, 0.15) is 22.4 Å². The summed E-state index contributed by atoms with van der Waals surface area (Å²) in [5.41, 5.74) is 4.63. The number of benzene rings is 1. The molecule has 0 bridgehead atoms. The van der Waals surface area contributed by atoms with E-state index in [4.69, 9.17) is 0 Å². The Bertz CT molecular complexity index is 1300. The van der Waals surface area contributed by atoms with Gasteiger partial charge in [0.15, 0.2) is 0 Å². The predicted molar refractivity (Wildman–Crippen MR) is 145 cm³/mol. The van der Waals surface area contributed by atoms with Gasteiger partial charge in [0.25, 0.3) is 0 Å². The van der Waals surface area contributed by atoms with Gasteiger partial charge >= 0.3 is 0 Å². The van der Waals surface area contributed by atoms with Crippen LogP contribution < -0.4 is 9.62 Å². The lowest BCUT2D eigenvalue weighted by molar-refractivity contribution is -0.0449. The number of hydrogen-bond donors (Lipinski definition) is 1. The highest BCUT2D eigenvalue weighted by Gasteiger charge is 2.40. The standard InChI is InChI=1S/C27H35F2N7OS/c1-2-38(37)32-20-4-5-24(25(18-20)34-16-13-26(14-17-34)9-3-10-26)36-19-23(30-33-36)22-8-15-35(31-22)21-6-11-27(28,29)12-7-21/h4-5,8,15,18-19,21,32H,2-3,6-7,9-14,16-17H2,1H3. The summed E-state index contributed by atoms with van der Waals surface area (Å²) in [6, 6.07) is 7.85. The van der Waals surface area contributed by atoms with Gasteiger partial charge in [-0.3, -0.25) is 4.68 Å². The molecular formula is C27H35F2N7OS. The lowest BCUT2D eigenvalue weighted by Gasteiger charge is -2.48. The first-order chi connectivity index (χ1) is 18.3. The Morgan fingerprint density at radius 3 is 2.47 bits per heavy atom. The minimum Gasteiger partial charge on any atom is -0.370 e. The summed E-state index contributed by atoms with van der Waals surface area (Å²) in [4.78, 5) is 2.41. The monoisotopic (exact) mass is 543 g/mol. The van der Waals surface area contributed by atoms with E-state index in [1.165, 1.54) is 32.1 Å². The molecule has 204 valence electrons. The lowest BCUT2D eigenvalue weighted by atomic mass is 9.63. The van der Waals surface area contributed by atoms with Gasteiger partial charge in [-0.15, -0.1) is 5.10 Å². The minimum atomic E-state index is -2.56. The molecule has 1 spiro atoms. The zero-order valence-corrected chi connectivity index (χ0v) is 22.6. The highest BCUT2D eigenvalue weighted by atomic mass is 32.2. The molecule has 0 radical (unpaired) electrons. The molecule has 6 rings (SSSR count). The van der Waals surface area contributed by atoms with Gasteiger partial charge in [-0.2, -0.15) is 5.10 Å². The number of rotatable bonds is 7. The summed E-state index contributed by atoms with van der Waals surface area (Å²) < 4.78 is 46.0. The number of aromatic nitrogens is 5. The van der Waals surface area contributed by atoms with Crippen molar-refractivity contribution in [3.63, 3.8) is 0 Å². The van der Waals surface area contributed by atoms with E-state index >= 15 is 0 Å². The second kappa shape index (κ2) is 10.1. The molecule has 2 aromatic heterocycles. The number of alkyl halides is 2. The predicted octanol–water partition coefficient (Wildman–Crippen LogP) is 5.75. The Balaban J connectivity index is 1.25. The van der Waals surface area contributed by atoms with Crippen molar-refractivity contribution in [3.05, 3.63) is 36.7 Å². The van der Waals surface area contributed by atoms with Crippen LogP contribution in [0.4, 0.5) is 20.2 Å². The fourth-order valence-electron chi connectivity index (χ4n) is 6.10. The van der Waals surface area contributed by atoms with Crippen LogP contribution in [0.5, 0.6) is 0 Å². The van der Waals surface area contributed by atoms with E-state index in [0.717, 1.165) is 30.2 Å². The molecule has 2 saturated carbocycles. The normalized spacial score (nSPS) is 21.8. The fourth-order valence-corrected chi connectivity index (χ4v) is 6.64. The Hall–Kier alpha value is -2.82. The molecule has 1 saturated heterocycles. The summed E-state index contributed by atoms with van der Waals surface area (Å²) in [6.07, 6.45) is 10.8. The van der Waals surface area contributed by atoms with Crippen LogP contribution in [-0.4, -0.2) is 53.7 Å². The maximum absolute atomic E-state index is 13.6. The SMILES string of the molecule is CCS(=O)Nc1ccc(-n2cc(-c3ccn(C4CCC(F)(F)CC4)n3)nn2)c(N2CCC3(CCC3)CC2)c1. The number of anilines is 2. The number of hydrogen-bond acceptors (Lipinski definition) is 5. The smallest absolute Gasteiger partial charge is 0.248 e. The van der Waals surface area contributed by atoms with E-state index in [1.54, 1.807) is 9.36 Å². The molecule has 3 aliphatic rings. The maximum atomic E-state index is 13.6. The average Bonchev–Trinajstić information content (AvgIpc) is 3.58. The third-order valence-corrected chi connectivity index (χ3v) is 9.71. The Kier molecular flexibility index (Phi) is 6.74. The van der Waals surface area contributed by atoms with E-state index in [0.29, 0.717) is 35.4 Å². The second-order valence-electron chi connectivity index (χ2n) is 11.1. The second-order valence-corrected chi connectivity index (χ2v) is 12.6. The zero-order valence-electron chi connectivity index (χ0n) is 21.8. The molecule has 0 amide bonds. The van der Waals surface area contributed by atoms with Crippen molar-refractivity contribution >= 4 is 22.4 Å². The molecule has 1 N–H and O–H groups in total. The van der Waals surface area contributed by atoms with E-state index < -0.39 is 16.9 Å². The van der Waals surface area contributed by atoms with Crippen molar-refractivity contribution in [1.82, 2.24) is 24.8 Å². The number of nitrogens with one attached hydrogen (secondary N) is 1. The Morgan fingerprint density at radius 2 is 1.79 bits per heavy atom. The topological polar surface area (TPSA) is 80.9 Å². The van der Waals surface area contributed by atoms with Crippen molar-refractivity contribution in [2.24, 2.45) is 5.41 Å². The van der Waals surface area contributed by atoms with Crippen LogP contribution in [0.1, 0.15) is 70.8 Å². The zero-order chi connectivity index (χ0) is 26.3. The largest absolute Gasteiger partial charge is 0.370 e. The van der Waals surface area contributed by atoms with Crippen LogP contribution in [0.15, 0.2) is 36.7 Å². The summed E-state index contributed by atoms with van der Waals surface area (Å²) in [6.45, 7) is 3.86. The van der Waals surface area contributed by atoms with Gasteiger partial charge < -0.3 is 9.62 Å².